The van der Waals surface area contributed by atoms with Crippen molar-refractivity contribution in [2.75, 3.05) is 45.8 Å². The number of nitrogens with zero attached hydrogens (tertiary/aromatic N) is 1. The Morgan fingerprint density at radius 3 is 1.21 bits per heavy atom. The summed E-state index contributed by atoms with van der Waals surface area (Å²) in [6, 6.07) is -6.75. The first kappa shape index (κ1) is 63.4. The van der Waals surface area contributed by atoms with E-state index in [0.717, 1.165) is 0 Å². The monoisotopic (exact) mass is 997 g/mol. The van der Waals surface area contributed by atoms with Crippen LogP contribution in [-0.4, -0.2) is 153 Å². The molecule has 6 atom stereocenters. The third-order valence-corrected chi connectivity index (χ3v) is 10.0. The standard InChI is InChI=1S/C43H80N16O11/c1-24(2)18-31(39(67)52-22-34(62)55-28(37(46)65)12-7-9-15-44)58-36(64)23-53-40(68)32(19-25(3)4)59-42(70)29(13-8-10-16-45)56-35(63)21-51-38(66)26(5)54-41(69)30(14-11-17-49-43(47)48)57-33(61)20-50-27(6)60/h24-26,28-32H,7-23,44-45H2,1-6H3,(H2,46,65)(H,50,60)(H,51,66)(H,52,67)(H,53,68)(H,54,69)(H,55,62)(H,56,63)(H,57,61)(H,58,64)(H,59,70)(H4,47,48,49)/t26-,28-,29-,30-,31-,32-/m0/s1. The molecule has 0 aliphatic heterocycles. The molecular formula is C43H80N16O11. The van der Waals surface area contributed by atoms with E-state index in [2.05, 4.69) is 58.2 Å². The van der Waals surface area contributed by atoms with E-state index in [-0.39, 0.29) is 62.9 Å². The van der Waals surface area contributed by atoms with Gasteiger partial charge >= 0.3 is 0 Å². The van der Waals surface area contributed by atoms with Crippen LogP contribution in [0, 0.1) is 11.8 Å². The number of nitrogens with two attached hydrogens (primary N) is 5. The van der Waals surface area contributed by atoms with E-state index in [4.69, 9.17) is 28.7 Å². The molecule has 0 fully saturated rings. The first-order chi connectivity index (χ1) is 32.9. The summed E-state index contributed by atoms with van der Waals surface area (Å²) in [6.07, 6.45) is 3.08. The van der Waals surface area contributed by atoms with Crippen molar-refractivity contribution >= 4 is 70.9 Å². The summed E-state index contributed by atoms with van der Waals surface area (Å²) in [5.41, 5.74) is 27.2. The van der Waals surface area contributed by atoms with Gasteiger partial charge in [0.05, 0.1) is 26.2 Å². The second kappa shape index (κ2) is 35.5. The minimum Gasteiger partial charge on any atom is -0.370 e. The molecule has 0 saturated carbocycles. The van der Waals surface area contributed by atoms with E-state index in [1.54, 1.807) is 13.8 Å². The Labute approximate surface area is 409 Å². The summed E-state index contributed by atoms with van der Waals surface area (Å²) in [5, 5.41) is 24.8. The highest BCUT2D eigenvalue weighted by molar-refractivity contribution is 5.97. The average molecular weight is 997 g/mol. The Morgan fingerprint density at radius 1 is 0.429 bits per heavy atom. The van der Waals surface area contributed by atoms with Gasteiger partial charge in [0.1, 0.15) is 36.3 Å². The Bertz CT molecular complexity index is 1780. The van der Waals surface area contributed by atoms with Gasteiger partial charge in [-0.3, -0.25) is 57.7 Å². The number of unbranched alkanes of at least 4 members (excludes halogenated alkanes) is 2. The van der Waals surface area contributed by atoms with E-state index in [1.807, 2.05) is 13.8 Å². The molecule has 70 heavy (non-hydrogen) atoms. The largest absolute Gasteiger partial charge is 0.370 e. The quantitative estimate of drug-likeness (QED) is 0.0158. The number of amides is 11. The van der Waals surface area contributed by atoms with Crippen molar-refractivity contribution in [1.29, 1.82) is 0 Å². The van der Waals surface area contributed by atoms with Gasteiger partial charge < -0.3 is 81.8 Å². The Morgan fingerprint density at radius 2 is 0.800 bits per heavy atom. The molecule has 0 aliphatic rings. The van der Waals surface area contributed by atoms with Gasteiger partial charge in [-0.15, -0.1) is 0 Å². The van der Waals surface area contributed by atoms with Crippen molar-refractivity contribution in [3.63, 3.8) is 0 Å². The molecule has 20 N–H and O–H groups in total. The SMILES string of the molecule is CC(=O)NCC(=O)N[C@@H](CCCN=C(N)N)C(=O)N[C@@H](C)C(=O)NCC(=O)N[C@@H](CCCCN)C(=O)N[C@@H](CC(C)C)C(=O)NCC(=O)N[C@@H](CC(C)C)C(=O)NCC(=O)N[C@@H](CCCCN)C(N)=O. The first-order valence-corrected chi connectivity index (χ1v) is 23.5. The maximum absolute atomic E-state index is 13.7. The molecule has 398 valence electrons. The fraction of sp³-hybridized carbons (Fsp3) is 0.721. The smallest absolute Gasteiger partial charge is 0.243 e. The predicted octanol–water partition coefficient (Wildman–Crippen LogP) is -5.71. The summed E-state index contributed by atoms with van der Waals surface area (Å²) in [4.78, 5) is 144. The lowest BCUT2D eigenvalue weighted by molar-refractivity contribution is -0.134. The molecule has 0 aromatic heterocycles. The second-order valence-electron chi connectivity index (χ2n) is 17.5. The molecule has 0 spiro atoms. The fourth-order valence-corrected chi connectivity index (χ4v) is 6.46. The van der Waals surface area contributed by atoms with Crippen LogP contribution in [0.2, 0.25) is 0 Å². The second-order valence-corrected chi connectivity index (χ2v) is 17.5. The zero-order chi connectivity index (χ0) is 53.3. The van der Waals surface area contributed by atoms with E-state index in [0.29, 0.717) is 38.8 Å². The summed E-state index contributed by atoms with van der Waals surface area (Å²) < 4.78 is 0. The number of primary amides is 1. The maximum Gasteiger partial charge on any atom is 0.243 e. The van der Waals surface area contributed by atoms with Crippen molar-refractivity contribution in [2.24, 2.45) is 45.5 Å². The topological polar surface area (TPSA) is 451 Å². The summed E-state index contributed by atoms with van der Waals surface area (Å²) in [6.45, 7) is 8.52. The molecule has 0 saturated heterocycles. The molecule has 0 aromatic rings. The van der Waals surface area contributed by atoms with Gasteiger partial charge in [0.25, 0.3) is 0 Å². The maximum atomic E-state index is 13.7. The molecule has 11 amide bonds. The Kier molecular flexibility index (Phi) is 32.1. The van der Waals surface area contributed by atoms with Crippen LogP contribution < -0.4 is 81.8 Å². The predicted molar refractivity (Wildman–Crippen MR) is 259 cm³/mol. The lowest BCUT2D eigenvalue weighted by Gasteiger charge is -2.25. The van der Waals surface area contributed by atoms with E-state index >= 15 is 0 Å². The van der Waals surface area contributed by atoms with Crippen molar-refractivity contribution in [1.82, 2.24) is 53.2 Å². The molecule has 0 aromatic carbocycles. The summed E-state index contributed by atoms with van der Waals surface area (Å²) in [5.74, 6) is -8.11. The number of carbonyl (C=O) groups excluding carboxylic acids is 11. The number of hydrogen-bond acceptors (Lipinski definition) is 14. The van der Waals surface area contributed by atoms with Crippen LogP contribution >= 0.6 is 0 Å². The molecular weight excluding hydrogens is 917 g/mol. The normalized spacial score (nSPS) is 13.4. The van der Waals surface area contributed by atoms with Crippen LogP contribution in [0.15, 0.2) is 4.99 Å². The highest BCUT2D eigenvalue weighted by Crippen LogP contribution is 2.09. The number of aliphatic imine (C=N–C) groups is 1. The lowest BCUT2D eigenvalue weighted by atomic mass is 10.0. The van der Waals surface area contributed by atoms with E-state index < -0.39 is 127 Å². The van der Waals surface area contributed by atoms with Gasteiger partial charge in [0, 0.05) is 13.5 Å². The van der Waals surface area contributed by atoms with E-state index in [1.165, 1.54) is 13.8 Å². The van der Waals surface area contributed by atoms with Gasteiger partial charge in [-0.05, 0) is 96.1 Å². The van der Waals surface area contributed by atoms with Crippen LogP contribution in [0.25, 0.3) is 0 Å². The summed E-state index contributed by atoms with van der Waals surface area (Å²) in [7, 11) is 0. The Hall–Kier alpha value is -6.64. The number of rotatable bonds is 36. The van der Waals surface area contributed by atoms with Crippen molar-refractivity contribution in [3.8, 4) is 0 Å². The molecule has 27 heteroatoms. The summed E-state index contributed by atoms with van der Waals surface area (Å²) >= 11 is 0. The van der Waals surface area contributed by atoms with Gasteiger partial charge in [0.2, 0.25) is 65.0 Å². The van der Waals surface area contributed by atoms with Crippen LogP contribution in [0.4, 0.5) is 0 Å². The number of nitrogens with one attached hydrogen (secondary N) is 10. The molecule has 0 radical (unpaired) electrons. The molecule has 0 aliphatic carbocycles. The molecule has 27 nitrogen and oxygen atoms in total. The highest BCUT2D eigenvalue weighted by Gasteiger charge is 2.30. The fourth-order valence-electron chi connectivity index (χ4n) is 6.46. The number of hydrogen-bond donors (Lipinski definition) is 15. The van der Waals surface area contributed by atoms with Gasteiger partial charge in [-0.2, -0.15) is 0 Å². The minimum atomic E-state index is -1.20. The molecule has 0 heterocycles. The van der Waals surface area contributed by atoms with Gasteiger partial charge in [-0.1, -0.05) is 27.7 Å². The molecule has 0 unspecified atom stereocenters. The third kappa shape index (κ3) is 30.0. The van der Waals surface area contributed by atoms with Crippen LogP contribution in [0.5, 0.6) is 0 Å². The average Bonchev–Trinajstić information content (AvgIpc) is 3.27. The first-order valence-electron chi connectivity index (χ1n) is 23.5. The van der Waals surface area contributed by atoms with Crippen molar-refractivity contribution in [2.45, 2.75) is 142 Å². The Balaban J connectivity index is 5.67. The van der Waals surface area contributed by atoms with Crippen LogP contribution in [-0.2, 0) is 52.7 Å². The third-order valence-electron chi connectivity index (χ3n) is 10.0. The zero-order valence-electron chi connectivity index (χ0n) is 41.5. The minimum absolute atomic E-state index is 0.0665. The van der Waals surface area contributed by atoms with E-state index in [9.17, 15) is 52.7 Å². The van der Waals surface area contributed by atoms with Crippen molar-refractivity contribution in [3.05, 3.63) is 0 Å². The zero-order valence-corrected chi connectivity index (χ0v) is 41.5. The number of guanidine groups is 1. The van der Waals surface area contributed by atoms with Gasteiger partial charge in [-0.25, -0.2) is 0 Å². The van der Waals surface area contributed by atoms with Crippen LogP contribution in [0.3, 0.4) is 0 Å². The van der Waals surface area contributed by atoms with Crippen molar-refractivity contribution < 1.29 is 52.7 Å². The van der Waals surface area contributed by atoms with Gasteiger partial charge in [0.15, 0.2) is 5.96 Å². The lowest BCUT2D eigenvalue weighted by Crippen LogP contribution is -2.57. The highest BCUT2D eigenvalue weighted by atomic mass is 16.2. The van der Waals surface area contributed by atoms with Crippen LogP contribution in [0.1, 0.15) is 106 Å². The number of carbonyl (C=O) groups is 11. The molecule has 0 rings (SSSR count). The molecule has 0 bridgehead atoms.